The van der Waals surface area contributed by atoms with E-state index in [1.165, 1.54) is 37.3 Å². The van der Waals surface area contributed by atoms with Crippen molar-refractivity contribution in [2.45, 2.75) is 124 Å². The van der Waals surface area contributed by atoms with Crippen molar-refractivity contribution in [3.63, 3.8) is 0 Å². The van der Waals surface area contributed by atoms with Crippen molar-refractivity contribution in [3.05, 3.63) is 11.1 Å². The number of hydrogen-bond donors (Lipinski definition) is 1. The minimum Gasteiger partial charge on any atom is -0.463 e. The lowest BCUT2D eigenvalue weighted by Gasteiger charge is -2.65. The van der Waals surface area contributed by atoms with E-state index in [2.05, 4.69) is 34.6 Å². The Morgan fingerprint density at radius 3 is 2.41 bits per heavy atom. The van der Waals surface area contributed by atoms with Crippen LogP contribution in [0.15, 0.2) is 11.1 Å². The molecule has 0 amide bonds. The third-order valence-electron chi connectivity index (χ3n) is 13.2. The summed E-state index contributed by atoms with van der Waals surface area (Å²) in [5.41, 5.74) is 0.990. The lowest BCUT2D eigenvalue weighted by molar-refractivity contribution is -0.190. The second-order valence-corrected chi connectivity index (χ2v) is 15.1. The zero-order valence-electron chi connectivity index (χ0n) is 24.8. The van der Waals surface area contributed by atoms with E-state index in [4.69, 9.17) is 9.47 Å². The molecule has 1 N–H and O–H groups in total. The van der Waals surface area contributed by atoms with Gasteiger partial charge < -0.3 is 14.6 Å². The summed E-state index contributed by atoms with van der Waals surface area (Å²) in [7, 11) is 0. The lowest BCUT2D eigenvalue weighted by atomic mass is 9.39. The van der Waals surface area contributed by atoms with Crippen LogP contribution in [0, 0.1) is 51.2 Å². The molecule has 6 rings (SSSR count). The van der Waals surface area contributed by atoms with Gasteiger partial charge in [0.1, 0.15) is 6.10 Å². The molecular formula is C33H48O6. The van der Waals surface area contributed by atoms with Gasteiger partial charge in [-0.3, -0.25) is 14.4 Å². The minimum atomic E-state index is -0.773. The highest BCUT2D eigenvalue weighted by Gasteiger charge is 2.85. The van der Waals surface area contributed by atoms with Crippen molar-refractivity contribution >= 4 is 17.9 Å². The molecule has 1 spiro atoms. The van der Waals surface area contributed by atoms with Gasteiger partial charge in [0, 0.05) is 12.3 Å². The molecule has 0 aromatic carbocycles. The molecule has 5 aliphatic carbocycles. The zero-order chi connectivity index (χ0) is 28.1. The fraction of sp³-hybridized carbons (Fsp3) is 0.848. The minimum absolute atomic E-state index is 0.0762. The van der Waals surface area contributed by atoms with Crippen molar-refractivity contribution in [2.75, 3.05) is 0 Å². The van der Waals surface area contributed by atoms with Crippen LogP contribution in [0.3, 0.4) is 0 Å². The van der Waals surface area contributed by atoms with Gasteiger partial charge in [-0.25, -0.2) is 0 Å². The highest BCUT2D eigenvalue weighted by atomic mass is 16.6. The molecule has 6 heteroatoms. The molecule has 6 nitrogen and oxygen atoms in total. The van der Waals surface area contributed by atoms with Crippen LogP contribution in [0.4, 0.5) is 0 Å². The van der Waals surface area contributed by atoms with E-state index in [9.17, 15) is 19.5 Å². The molecule has 1 aliphatic heterocycles. The molecule has 0 aromatic rings. The molecule has 39 heavy (non-hydrogen) atoms. The highest BCUT2D eigenvalue weighted by molar-refractivity contribution is 5.99. The number of carbonyl (C=O) groups is 3. The molecule has 2 unspecified atom stereocenters. The third kappa shape index (κ3) is 3.33. The van der Waals surface area contributed by atoms with E-state index in [-0.39, 0.29) is 17.5 Å². The summed E-state index contributed by atoms with van der Waals surface area (Å²) in [5.74, 6) is -0.562. The number of carbonyl (C=O) groups excluding carboxylic acids is 3. The molecule has 216 valence electrons. The first-order valence-corrected chi connectivity index (χ1v) is 15.7. The van der Waals surface area contributed by atoms with E-state index in [1.54, 1.807) is 0 Å². The number of esters is 3. The fourth-order valence-corrected chi connectivity index (χ4v) is 11.9. The van der Waals surface area contributed by atoms with Crippen molar-refractivity contribution in [3.8, 4) is 0 Å². The Morgan fingerprint density at radius 1 is 1.00 bits per heavy atom. The van der Waals surface area contributed by atoms with Crippen molar-refractivity contribution in [2.24, 2.45) is 51.2 Å². The lowest BCUT2D eigenvalue weighted by Crippen LogP contribution is -2.63. The van der Waals surface area contributed by atoms with Gasteiger partial charge in [0.05, 0.1) is 17.9 Å². The predicted octanol–water partition coefficient (Wildman–Crippen LogP) is 6.14. The molecule has 10 atom stereocenters. The SMILES string of the molecule is CC(=O)O[C@H]1CC[C@@]2(C)[C@@]3(CCC4=C5CC[C@H]([C@H](C)CCCC(C)C)[C@@]5(C)C[C@@H](O)[C@@]42C2C(=O)OC(=O)C23)C1. The molecule has 4 saturated carbocycles. The first-order chi connectivity index (χ1) is 18.3. The number of rotatable bonds is 6. The summed E-state index contributed by atoms with van der Waals surface area (Å²) in [6.07, 6.45) is 9.14. The van der Waals surface area contributed by atoms with Gasteiger partial charge in [-0.1, -0.05) is 65.0 Å². The second-order valence-electron chi connectivity index (χ2n) is 15.1. The summed E-state index contributed by atoms with van der Waals surface area (Å²) < 4.78 is 11.1. The summed E-state index contributed by atoms with van der Waals surface area (Å²) in [6, 6.07) is 0. The summed E-state index contributed by atoms with van der Waals surface area (Å²) in [4.78, 5) is 38.9. The van der Waals surface area contributed by atoms with Crippen LogP contribution in [0.1, 0.15) is 112 Å². The molecule has 5 fully saturated rings. The topological polar surface area (TPSA) is 89.9 Å². The Labute approximate surface area is 233 Å². The normalized spacial score (nSPS) is 46.9. The molecule has 0 aromatic heterocycles. The Kier molecular flexibility index (Phi) is 6.27. The molecule has 2 bridgehead atoms. The van der Waals surface area contributed by atoms with Gasteiger partial charge in [-0.15, -0.1) is 0 Å². The largest absolute Gasteiger partial charge is 0.463 e. The molecular weight excluding hydrogens is 492 g/mol. The van der Waals surface area contributed by atoms with Gasteiger partial charge in [0.2, 0.25) is 0 Å². The van der Waals surface area contributed by atoms with Crippen LogP contribution in [-0.2, 0) is 23.9 Å². The number of allylic oxidation sites excluding steroid dienone is 1. The van der Waals surface area contributed by atoms with Crippen LogP contribution in [0.5, 0.6) is 0 Å². The number of fused-ring (bicyclic) bond motifs is 2. The van der Waals surface area contributed by atoms with E-state index in [1.807, 2.05) is 0 Å². The average molecular weight is 541 g/mol. The molecule has 1 heterocycles. The van der Waals surface area contributed by atoms with Crippen molar-refractivity contribution < 1.29 is 29.0 Å². The van der Waals surface area contributed by atoms with Crippen LogP contribution in [0.25, 0.3) is 0 Å². The van der Waals surface area contributed by atoms with Gasteiger partial charge in [-0.05, 0) is 85.4 Å². The Balaban J connectivity index is 1.45. The number of cyclic esters (lactones) is 2. The van der Waals surface area contributed by atoms with E-state index < -0.39 is 46.1 Å². The maximum Gasteiger partial charge on any atom is 0.318 e. The Bertz CT molecular complexity index is 1120. The van der Waals surface area contributed by atoms with Gasteiger partial charge in [-0.2, -0.15) is 0 Å². The third-order valence-corrected chi connectivity index (χ3v) is 13.2. The zero-order valence-corrected chi connectivity index (χ0v) is 24.8. The number of aliphatic hydroxyl groups is 1. The molecule has 6 aliphatic rings. The Hall–Kier alpha value is -1.69. The van der Waals surface area contributed by atoms with Crippen molar-refractivity contribution in [1.29, 1.82) is 0 Å². The van der Waals surface area contributed by atoms with Crippen LogP contribution < -0.4 is 0 Å². The number of aliphatic hydroxyl groups excluding tert-OH is 1. The quantitative estimate of drug-likeness (QED) is 0.247. The molecule has 0 radical (unpaired) electrons. The second kappa shape index (κ2) is 8.90. The van der Waals surface area contributed by atoms with Gasteiger partial charge >= 0.3 is 17.9 Å². The summed E-state index contributed by atoms with van der Waals surface area (Å²) in [5, 5.41) is 12.5. The highest BCUT2D eigenvalue weighted by Crippen LogP contribution is 2.84. The van der Waals surface area contributed by atoms with Gasteiger partial charge in [0.25, 0.3) is 0 Å². The summed E-state index contributed by atoms with van der Waals surface area (Å²) in [6.45, 7) is 13.1. The maximum absolute atomic E-state index is 13.6. The number of ether oxygens (including phenoxy) is 2. The first kappa shape index (κ1) is 27.5. The molecule has 1 saturated heterocycles. The van der Waals surface area contributed by atoms with Crippen LogP contribution in [0.2, 0.25) is 0 Å². The summed E-state index contributed by atoms with van der Waals surface area (Å²) >= 11 is 0. The van der Waals surface area contributed by atoms with Gasteiger partial charge in [0.15, 0.2) is 0 Å². The standard InChI is InChI=1S/C33H48O6/c1-18(2)8-7-9-19(3)22-10-11-23-24-13-15-32-16-21(38-20(4)34)12-14-31(32,6)33(24,25(35)17-30(22,23)5)27-26(32)28(36)39-29(27)37/h18-19,21-22,25-27,35H,7-17H2,1-6H3/t19-,21+,22-,25-,26?,27?,30-,31+,32+,33-/m1/s1. The number of hydrogen-bond acceptors (Lipinski definition) is 6. The monoisotopic (exact) mass is 540 g/mol. The smallest absolute Gasteiger partial charge is 0.318 e. The van der Waals surface area contributed by atoms with E-state index in [0.717, 1.165) is 32.1 Å². The Morgan fingerprint density at radius 2 is 1.72 bits per heavy atom. The van der Waals surface area contributed by atoms with E-state index >= 15 is 0 Å². The average Bonchev–Trinajstić information content (AvgIpc) is 3.36. The van der Waals surface area contributed by atoms with Crippen LogP contribution >= 0.6 is 0 Å². The predicted molar refractivity (Wildman–Crippen MR) is 146 cm³/mol. The first-order valence-electron chi connectivity index (χ1n) is 15.7. The maximum atomic E-state index is 13.6. The fourth-order valence-electron chi connectivity index (χ4n) is 11.9. The van der Waals surface area contributed by atoms with E-state index in [0.29, 0.717) is 37.0 Å². The van der Waals surface area contributed by atoms with Crippen molar-refractivity contribution in [1.82, 2.24) is 0 Å². The van der Waals surface area contributed by atoms with Crippen LogP contribution in [-0.4, -0.2) is 35.2 Å².